The lowest BCUT2D eigenvalue weighted by Gasteiger charge is -2.11. The number of amides is 1. The molecule has 1 amide bonds. The minimum absolute atomic E-state index is 0.0284. The van der Waals surface area contributed by atoms with Gasteiger partial charge in [0.2, 0.25) is 5.91 Å². The summed E-state index contributed by atoms with van der Waals surface area (Å²) in [6.07, 6.45) is 6.92. The van der Waals surface area contributed by atoms with E-state index in [4.69, 9.17) is 4.98 Å². The number of imidazole rings is 1. The first-order valence-electron chi connectivity index (χ1n) is 8.57. The Labute approximate surface area is 141 Å². The number of hydrogen-bond donors (Lipinski definition) is 2. The van der Waals surface area contributed by atoms with Crippen LogP contribution in [0, 0.1) is 0 Å². The Bertz CT molecular complexity index is 890. The second-order valence-electron chi connectivity index (χ2n) is 6.50. The maximum Gasteiger partial charge on any atom is 0.224 e. The molecule has 24 heavy (non-hydrogen) atoms. The molecule has 0 bridgehead atoms. The smallest absolute Gasteiger partial charge is 0.224 e. The van der Waals surface area contributed by atoms with Gasteiger partial charge in [-0.15, -0.1) is 0 Å². The molecular weight excluding hydrogens is 300 g/mol. The summed E-state index contributed by atoms with van der Waals surface area (Å²) in [6, 6.07) is 8.05. The average Bonchev–Trinajstić information content (AvgIpc) is 3.15. The fourth-order valence-corrected chi connectivity index (χ4v) is 3.59. The predicted molar refractivity (Wildman–Crippen MR) is 93.7 cm³/mol. The van der Waals surface area contributed by atoms with Crippen LogP contribution in [0.3, 0.4) is 0 Å². The number of carbonyl (C=O) groups is 1. The van der Waals surface area contributed by atoms with Crippen molar-refractivity contribution in [2.24, 2.45) is 7.05 Å². The number of nitrogens with zero attached hydrogens (tertiary/aromatic N) is 2. The van der Waals surface area contributed by atoms with Gasteiger partial charge in [0.25, 0.3) is 0 Å². The van der Waals surface area contributed by atoms with Gasteiger partial charge in [-0.2, -0.15) is 0 Å². The summed E-state index contributed by atoms with van der Waals surface area (Å²) in [5.74, 6) is 0.981. The Hall–Kier alpha value is -2.56. The zero-order valence-electron chi connectivity index (χ0n) is 13.9. The van der Waals surface area contributed by atoms with Crippen LogP contribution in [-0.4, -0.2) is 20.4 Å². The van der Waals surface area contributed by atoms with E-state index in [2.05, 4.69) is 21.9 Å². The molecule has 0 aliphatic heterocycles. The SMILES string of the molecule is Cn1c(CNC(=O)Cc2c[nH]c3ccccc23)nc2c1CCCC2. The molecule has 2 heterocycles. The number of para-hydroxylation sites is 1. The largest absolute Gasteiger partial charge is 0.361 e. The van der Waals surface area contributed by atoms with Crippen molar-refractivity contribution in [1.29, 1.82) is 0 Å². The Morgan fingerprint density at radius 1 is 1.29 bits per heavy atom. The number of aromatic amines is 1. The molecule has 0 spiro atoms. The molecule has 2 N–H and O–H groups in total. The van der Waals surface area contributed by atoms with Crippen molar-refractivity contribution < 1.29 is 4.79 Å². The van der Waals surface area contributed by atoms with E-state index >= 15 is 0 Å². The van der Waals surface area contributed by atoms with E-state index in [9.17, 15) is 4.79 Å². The number of hydrogen-bond acceptors (Lipinski definition) is 2. The number of benzene rings is 1. The number of aryl methyl sites for hydroxylation is 1. The molecule has 0 saturated heterocycles. The quantitative estimate of drug-likeness (QED) is 0.775. The molecule has 5 heteroatoms. The summed E-state index contributed by atoms with van der Waals surface area (Å²) in [5, 5.41) is 4.13. The second kappa shape index (κ2) is 6.15. The summed E-state index contributed by atoms with van der Waals surface area (Å²) in [4.78, 5) is 20.2. The van der Waals surface area contributed by atoms with Crippen LogP contribution in [0.1, 0.15) is 35.6 Å². The monoisotopic (exact) mass is 322 g/mol. The topological polar surface area (TPSA) is 62.7 Å². The molecule has 0 fully saturated rings. The van der Waals surface area contributed by atoms with E-state index in [1.165, 1.54) is 24.2 Å². The summed E-state index contributed by atoms with van der Waals surface area (Å²) >= 11 is 0. The molecule has 3 aromatic rings. The number of aromatic nitrogens is 3. The maximum atomic E-state index is 12.3. The van der Waals surface area contributed by atoms with E-state index < -0.39 is 0 Å². The van der Waals surface area contributed by atoms with Crippen LogP contribution >= 0.6 is 0 Å². The van der Waals surface area contributed by atoms with Crippen molar-refractivity contribution in [2.75, 3.05) is 0 Å². The Morgan fingerprint density at radius 2 is 2.12 bits per heavy atom. The summed E-state index contributed by atoms with van der Waals surface area (Å²) in [5.41, 5.74) is 4.64. The van der Waals surface area contributed by atoms with Gasteiger partial charge in [-0.05, 0) is 37.3 Å². The molecule has 5 nitrogen and oxygen atoms in total. The lowest BCUT2D eigenvalue weighted by atomic mass is 10.0. The van der Waals surface area contributed by atoms with Crippen molar-refractivity contribution in [1.82, 2.24) is 19.9 Å². The normalized spacial score (nSPS) is 13.9. The van der Waals surface area contributed by atoms with Crippen molar-refractivity contribution in [3.8, 4) is 0 Å². The van der Waals surface area contributed by atoms with Gasteiger partial charge in [-0.25, -0.2) is 4.98 Å². The van der Waals surface area contributed by atoms with Gasteiger partial charge >= 0.3 is 0 Å². The van der Waals surface area contributed by atoms with Crippen LogP contribution in [0.15, 0.2) is 30.5 Å². The van der Waals surface area contributed by atoms with Gasteiger partial charge in [0.05, 0.1) is 18.7 Å². The first-order valence-corrected chi connectivity index (χ1v) is 8.57. The van der Waals surface area contributed by atoms with Crippen LogP contribution < -0.4 is 5.32 Å². The first kappa shape index (κ1) is 15.0. The van der Waals surface area contributed by atoms with E-state index in [0.29, 0.717) is 13.0 Å². The Balaban J connectivity index is 1.43. The van der Waals surface area contributed by atoms with Gasteiger partial charge in [-0.1, -0.05) is 18.2 Å². The van der Waals surface area contributed by atoms with Gasteiger partial charge < -0.3 is 14.9 Å². The maximum absolute atomic E-state index is 12.3. The fourth-order valence-electron chi connectivity index (χ4n) is 3.59. The highest BCUT2D eigenvalue weighted by molar-refractivity contribution is 5.88. The molecule has 124 valence electrons. The number of carbonyl (C=O) groups excluding carboxylic acids is 1. The Kier molecular flexibility index (Phi) is 3.84. The lowest BCUT2D eigenvalue weighted by Crippen LogP contribution is -2.26. The minimum Gasteiger partial charge on any atom is -0.361 e. The predicted octanol–water partition coefficient (Wildman–Crippen LogP) is 2.64. The van der Waals surface area contributed by atoms with Crippen LogP contribution in [-0.2, 0) is 37.6 Å². The molecular formula is C19H22N4O. The highest BCUT2D eigenvalue weighted by atomic mass is 16.1. The van der Waals surface area contributed by atoms with E-state index in [0.717, 1.165) is 35.1 Å². The zero-order valence-corrected chi connectivity index (χ0v) is 13.9. The van der Waals surface area contributed by atoms with E-state index in [-0.39, 0.29) is 5.91 Å². The van der Waals surface area contributed by atoms with Crippen LogP contribution in [0.5, 0.6) is 0 Å². The molecule has 0 unspecified atom stereocenters. The first-order chi connectivity index (χ1) is 11.7. The van der Waals surface area contributed by atoms with Gasteiger partial charge in [0.1, 0.15) is 5.82 Å². The number of nitrogens with one attached hydrogen (secondary N) is 2. The Morgan fingerprint density at radius 3 is 3.00 bits per heavy atom. The standard InChI is InChI=1S/C19H22N4O/c1-23-17-9-5-4-8-16(17)22-18(23)12-21-19(24)10-13-11-20-15-7-3-2-6-14(13)15/h2-3,6-7,11,20H,4-5,8-10,12H2,1H3,(H,21,24). The average molecular weight is 322 g/mol. The molecule has 0 radical (unpaired) electrons. The third kappa shape index (κ3) is 2.70. The van der Waals surface area contributed by atoms with Gasteiger partial charge in [0.15, 0.2) is 0 Å². The number of H-pyrrole nitrogens is 1. The zero-order chi connectivity index (χ0) is 16.5. The molecule has 0 saturated carbocycles. The molecule has 1 aliphatic carbocycles. The second-order valence-corrected chi connectivity index (χ2v) is 6.50. The molecule has 4 rings (SSSR count). The van der Waals surface area contributed by atoms with Crippen LogP contribution in [0.4, 0.5) is 0 Å². The van der Waals surface area contributed by atoms with Gasteiger partial charge in [0, 0.05) is 29.8 Å². The van der Waals surface area contributed by atoms with Crippen LogP contribution in [0.2, 0.25) is 0 Å². The minimum atomic E-state index is 0.0284. The van der Waals surface area contributed by atoms with Crippen molar-refractivity contribution in [3.63, 3.8) is 0 Å². The summed E-state index contributed by atoms with van der Waals surface area (Å²) in [6.45, 7) is 0.491. The molecule has 0 atom stereocenters. The third-order valence-electron chi connectivity index (χ3n) is 4.94. The van der Waals surface area contributed by atoms with E-state index in [1.54, 1.807) is 0 Å². The lowest BCUT2D eigenvalue weighted by molar-refractivity contribution is -0.120. The summed E-state index contributed by atoms with van der Waals surface area (Å²) in [7, 11) is 2.05. The molecule has 1 aromatic carbocycles. The fraction of sp³-hybridized carbons (Fsp3) is 0.368. The summed E-state index contributed by atoms with van der Waals surface area (Å²) < 4.78 is 2.15. The third-order valence-corrected chi connectivity index (χ3v) is 4.94. The van der Waals surface area contributed by atoms with Crippen molar-refractivity contribution in [3.05, 3.63) is 53.2 Å². The van der Waals surface area contributed by atoms with Crippen molar-refractivity contribution >= 4 is 16.8 Å². The van der Waals surface area contributed by atoms with E-state index in [1.807, 2.05) is 30.5 Å². The van der Waals surface area contributed by atoms with Crippen molar-refractivity contribution in [2.45, 2.75) is 38.6 Å². The molecule has 1 aliphatic rings. The van der Waals surface area contributed by atoms with Gasteiger partial charge in [-0.3, -0.25) is 4.79 Å². The highest BCUT2D eigenvalue weighted by Gasteiger charge is 2.18. The highest BCUT2D eigenvalue weighted by Crippen LogP contribution is 2.21. The van der Waals surface area contributed by atoms with Crippen LogP contribution in [0.25, 0.3) is 10.9 Å². The molecule has 2 aromatic heterocycles. The number of fused-ring (bicyclic) bond motifs is 2. The number of rotatable bonds is 4.